The van der Waals surface area contributed by atoms with E-state index >= 15 is 0 Å². The van der Waals surface area contributed by atoms with Crippen molar-refractivity contribution in [3.8, 4) is 0 Å². The molecule has 0 aromatic rings. The summed E-state index contributed by atoms with van der Waals surface area (Å²) in [6.07, 6.45) is 0.936. The van der Waals surface area contributed by atoms with Gasteiger partial charge in [0.25, 0.3) is 0 Å². The Hall–Kier alpha value is -1.03. The molecule has 0 unspecified atom stereocenters. The van der Waals surface area contributed by atoms with Crippen LogP contribution in [0.5, 0.6) is 0 Å². The molecular weight excluding hydrogens is 184 g/mol. The first-order valence-electron chi connectivity index (χ1n) is 4.92. The van der Waals surface area contributed by atoms with Crippen molar-refractivity contribution < 1.29 is 19.7 Å². The quantitative estimate of drug-likeness (QED) is 0.568. The predicted octanol–water partition coefficient (Wildman–Crippen LogP) is 0.905. The maximum absolute atomic E-state index is 11.4. The third kappa shape index (κ3) is 1.30. The molecule has 1 heterocycles. The lowest BCUT2D eigenvalue weighted by Gasteiger charge is -2.36. The third-order valence-corrected chi connectivity index (χ3v) is 3.02. The van der Waals surface area contributed by atoms with Crippen LogP contribution in [-0.2, 0) is 9.53 Å². The average molecular weight is 198 g/mol. The molecule has 2 N–H and O–H groups in total. The number of rotatable bonds is 0. The molecule has 1 aliphatic carbocycles. The van der Waals surface area contributed by atoms with E-state index in [-0.39, 0.29) is 11.7 Å². The van der Waals surface area contributed by atoms with Gasteiger partial charge in [-0.1, -0.05) is 0 Å². The van der Waals surface area contributed by atoms with Gasteiger partial charge in [-0.05, 0) is 19.8 Å². The Morgan fingerprint density at radius 2 is 2.21 bits per heavy atom. The van der Waals surface area contributed by atoms with Crippen molar-refractivity contribution in [2.24, 2.45) is 5.92 Å². The molecule has 1 aliphatic heterocycles. The van der Waals surface area contributed by atoms with Gasteiger partial charge in [0.05, 0.1) is 11.7 Å². The zero-order valence-electron chi connectivity index (χ0n) is 8.06. The zero-order chi connectivity index (χ0) is 10.3. The van der Waals surface area contributed by atoms with Gasteiger partial charge < -0.3 is 14.9 Å². The Morgan fingerprint density at radius 3 is 2.93 bits per heavy atom. The Kier molecular flexibility index (Phi) is 2.23. The first-order valence-corrected chi connectivity index (χ1v) is 4.92. The molecule has 14 heavy (non-hydrogen) atoms. The van der Waals surface area contributed by atoms with Gasteiger partial charge in [-0.15, -0.1) is 0 Å². The number of fused-ring (bicyclic) bond motifs is 1. The summed E-state index contributed by atoms with van der Waals surface area (Å²) in [4.78, 5) is 11.4. The number of hydrogen-bond donors (Lipinski definition) is 2. The number of allylic oxidation sites excluding steroid dienone is 1. The maximum Gasteiger partial charge on any atom is 0.338 e. The number of cyclic esters (lactones) is 1. The normalized spacial score (nSPS) is 37.9. The van der Waals surface area contributed by atoms with Crippen LogP contribution in [0.2, 0.25) is 0 Å². The largest absolute Gasteiger partial charge is 0.512 e. The van der Waals surface area contributed by atoms with Crippen molar-refractivity contribution in [1.82, 2.24) is 0 Å². The van der Waals surface area contributed by atoms with E-state index in [0.29, 0.717) is 12.0 Å². The lowest BCUT2D eigenvalue weighted by molar-refractivity contribution is -0.160. The SMILES string of the molecule is C[C@H]1OC(=O)C2=C(O)CCC[C@H]2[C@@H]1O. The van der Waals surface area contributed by atoms with Crippen LogP contribution in [0.15, 0.2) is 11.3 Å². The summed E-state index contributed by atoms with van der Waals surface area (Å²) in [5.41, 5.74) is 0.293. The first-order chi connectivity index (χ1) is 6.61. The fourth-order valence-electron chi connectivity index (χ4n) is 2.22. The highest BCUT2D eigenvalue weighted by Crippen LogP contribution is 2.36. The van der Waals surface area contributed by atoms with Crippen molar-refractivity contribution in [1.29, 1.82) is 0 Å². The molecule has 0 aromatic heterocycles. The maximum atomic E-state index is 11.4. The molecular formula is C10H14O4. The molecule has 4 nitrogen and oxygen atoms in total. The van der Waals surface area contributed by atoms with Gasteiger partial charge in [0.2, 0.25) is 0 Å². The van der Waals surface area contributed by atoms with Crippen LogP contribution < -0.4 is 0 Å². The monoisotopic (exact) mass is 198 g/mol. The lowest BCUT2D eigenvalue weighted by atomic mass is 9.79. The van der Waals surface area contributed by atoms with Crippen molar-refractivity contribution in [3.05, 3.63) is 11.3 Å². The Bertz CT molecular complexity index is 294. The Labute approximate surface area is 82.2 Å². The van der Waals surface area contributed by atoms with E-state index in [4.69, 9.17) is 4.74 Å². The van der Waals surface area contributed by atoms with Gasteiger partial charge >= 0.3 is 5.97 Å². The van der Waals surface area contributed by atoms with Crippen LogP contribution in [0, 0.1) is 5.92 Å². The van der Waals surface area contributed by atoms with Gasteiger partial charge in [-0.3, -0.25) is 0 Å². The van der Waals surface area contributed by atoms with E-state index in [1.165, 1.54) is 0 Å². The van der Waals surface area contributed by atoms with E-state index in [9.17, 15) is 15.0 Å². The second kappa shape index (κ2) is 3.28. The van der Waals surface area contributed by atoms with Crippen molar-refractivity contribution >= 4 is 5.97 Å². The summed E-state index contributed by atoms with van der Waals surface area (Å²) < 4.78 is 4.93. The fraction of sp³-hybridized carbons (Fsp3) is 0.700. The van der Waals surface area contributed by atoms with Crippen LogP contribution in [0.3, 0.4) is 0 Å². The minimum atomic E-state index is -0.676. The predicted molar refractivity (Wildman–Crippen MR) is 48.6 cm³/mol. The molecule has 2 aliphatic rings. The molecule has 1 fully saturated rings. The number of hydrogen-bond acceptors (Lipinski definition) is 4. The highest BCUT2D eigenvalue weighted by Gasteiger charge is 2.42. The molecule has 0 radical (unpaired) electrons. The number of aliphatic hydroxyl groups excluding tert-OH is 2. The Balaban J connectivity index is 2.36. The van der Waals surface area contributed by atoms with Crippen LogP contribution in [0.1, 0.15) is 26.2 Å². The van der Waals surface area contributed by atoms with Crippen molar-refractivity contribution in [3.63, 3.8) is 0 Å². The minimum absolute atomic E-state index is 0.0946. The first kappa shape index (κ1) is 9.52. The van der Waals surface area contributed by atoms with Crippen LogP contribution in [-0.4, -0.2) is 28.4 Å². The second-order valence-corrected chi connectivity index (χ2v) is 3.96. The molecule has 1 saturated heterocycles. The minimum Gasteiger partial charge on any atom is -0.512 e. The summed E-state index contributed by atoms with van der Waals surface area (Å²) in [5, 5.41) is 19.3. The summed E-state index contributed by atoms with van der Waals surface area (Å²) in [7, 11) is 0. The molecule has 0 amide bonds. The average Bonchev–Trinajstić information content (AvgIpc) is 2.14. The summed E-state index contributed by atoms with van der Waals surface area (Å²) >= 11 is 0. The highest BCUT2D eigenvalue weighted by atomic mass is 16.6. The smallest absolute Gasteiger partial charge is 0.338 e. The van der Waals surface area contributed by atoms with Crippen LogP contribution in [0.4, 0.5) is 0 Å². The number of carbonyl (C=O) groups is 1. The molecule has 78 valence electrons. The fourth-order valence-corrected chi connectivity index (χ4v) is 2.22. The summed E-state index contributed by atoms with van der Waals surface area (Å²) in [6.45, 7) is 1.67. The second-order valence-electron chi connectivity index (χ2n) is 3.96. The lowest BCUT2D eigenvalue weighted by Crippen LogP contribution is -2.44. The number of aliphatic hydroxyl groups is 2. The van der Waals surface area contributed by atoms with Gasteiger partial charge in [0.15, 0.2) is 0 Å². The number of ether oxygens (including phenoxy) is 1. The molecule has 0 bridgehead atoms. The zero-order valence-corrected chi connectivity index (χ0v) is 8.06. The molecule has 0 aromatic carbocycles. The molecule has 3 atom stereocenters. The van der Waals surface area contributed by atoms with E-state index in [2.05, 4.69) is 0 Å². The standard InChI is InChI=1S/C10H14O4/c1-5-9(12)6-3-2-4-7(11)8(6)10(13)14-5/h5-6,9,11-12H,2-4H2,1H3/t5-,6-,9-/m1/s1. The molecule has 0 spiro atoms. The molecule has 0 saturated carbocycles. The van der Waals surface area contributed by atoms with Crippen LogP contribution >= 0.6 is 0 Å². The number of esters is 1. The van der Waals surface area contributed by atoms with Gasteiger partial charge in [0, 0.05) is 12.3 Å². The van der Waals surface area contributed by atoms with Crippen molar-refractivity contribution in [2.45, 2.75) is 38.4 Å². The van der Waals surface area contributed by atoms with Gasteiger partial charge in [0.1, 0.15) is 11.9 Å². The third-order valence-electron chi connectivity index (χ3n) is 3.02. The van der Waals surface area contributed by atoms with Crippen LogP contribution in [0.25, 0.3) is 0 Å². The van der Waals surface area contributed by atoms with E-state index in [0.717, 1.165) is 12.8 Å². The molecule has 4 heteroatoms. The topological polar surface area (TPSA) is 66.8 Å². The number of carbonyl (C=O) groups excluding carboxylic acids is 1. The van der Waals surface area contributed by atoms with Gasteiger partial charge in [-0.25, -0.2) is 4.79 Å². The summed E-state index contributed by atoms with van der Waals surface area (Å²) in [5.74, 6) is -0.609. The molecule has 2 rings (SSSR count). The van der Waals surface area contributed by atoms with Crippen molar-refractivity contribution in [2.75, 3.05) is 0 Å². The highest BCUT2D eigenvalue weighted by molar-refractivity contribution is 5.90. The van der Waals surface area contributed by atoms with Gasteiger partial charge in [-0.2, -0.15) is 0 Å². The Morgan fingerprint density at radius 1 is 1.50 bits per heavy atom. The van der Waals surface area contributed by atoms with E-state index in [1.54, 1.807) is 6.92 Å². The van der Waals surface area contributed by atoms with E-state index in [1.807, 2.05) is 0 Å². The van der Waals surface area contributed by atoms with E-state index < -0.39 is 18.2 Å². The summed E-state index contributed by atoms with van der Waals surface area (Å²) in [6, 6.07) is 0.